The molecular weight excluding hydrogens is 199 g/mol. The van der Waals surface area contributed by atoms with Crippen LogP contribution in [0.25, 0.3) is 0 Å². The van der Waals surface area contributed by atoms with Crippen LogP contribution in [-0.4, -0.2) is 7.11 Å². The van der Waals surface area contributed by atoms with Crippen LogP contribution < -0.4 is 15.1 Å². The summed E-state index contributed by atoms with van der Waals surface area (Å²) >= 11 is 5.52. The van der Waals surface area contributed by atoms with Crippen molar-refractivity contribution >= 4 is 29.9 Å². The van der Waals surface area contributed by atoms with E-state index in [1.54, 1.807) is 19.2 Å². The number of para-hydroxylation sites is 2. The van der Waals surface area contributed by atoms with Crippen molar-refractivity contribution in [2.45, 2.75) is 0 Å². The van der Waals surface area contributed by atoms with E-state index in [0.29, 0.717) is 11.4 Å². The van der Waals surface area contributed by atoms with Gasteiger partial charge in [-0.3, -0.25) is 0 Å². The number of hydrogen-bond donors (Lipinski definition) is 1. The van der Waals surface area contributed by atoms with Crippen LogP contribution in [0.3, 0.4) is 0 Å². The van der Waals surface area contributed by atoms with Crippen LogP contribution in [0.4, 0.5) is 5.69 Å². The molecule has 0 aromatic heterocycles. The van der Waals surface area contributed by atoms with Gasteiger partial charge in [0.15, 0.2) is 0 Å². The van der Waals surface area contributed by atoms with Gasteiger partial charge in [-0.25, -0.2) is 10.4 Å². The van der Waals surface area contributed by atoms with Crippen molar-refractivity contribution in [1.29, 1.82) is 0 Å². The Morgan fingerprint density at radius 1 is 1.42 bits per heavy atom. The molecule has 0 radical (unpaired) electrons. The average Bonchev–Trinajstić information content (AvgIpc) is 2.04. The molecule has 12 heavy (non-hydrogen) atoms. The Bertz CT molecular complexity index is 243. The highest BCUT2D eigenvalue weighted by molar-refractivity contribution is 6.25. The summed E-state index contributed by atoms with van der Waals surface area (Å²) in [7, 11) is 1.57. The second-order valence-electron chi connectivity index (χ2n) is 1.98. The first-order valence-corrected chi connectivity index (χ1v) is 3.43. The Hall–Kier alpha value is -0.640. The minimum absolute atomic E-state index is 0. The molecule has 2 N–H and O–H groups in total. The van der Waals surface area contributed by atoms with E-state index < -0.39 is 0 Å². The topological polar surface area (TPSA) is 38.5 Å². The number of halogens is 2. The lowest BCUT2D eigenvalue weighted by atomic mass is 10.3. The SMILES string of the molecule is COc1ccccc1N(N)Cl.Cl. The quantitative estimate of drug-likeness (QED) is 0.459. The van der Waals surface area contributed by atoms with E-state index >= 15 is 0 Å². The van der Waals surface area contributed by atoms with Crippen molar-refractivity contribution in [2.24, 2.45) is 5.84 Å². The average molecular weight is 209 g/mol. The molecule has 0 atom stereocenters. The van der Waals surface area contributed by atoms with Gasteiger partial charge in [-0.1, -0.05) is 12.1 Å². The van der Waals surface area contributed by atoms with Crippen LogP contribution in [0.5, 0.6) is 5.75 Å². The maximum Gasteiger partial charge on any atom is 0.145 e. The van der Waals surface area contributed by atoms with Gasteiger partial charge >= 0.3 is 0 Å². The first-order chi connectivity index (χ1) is 5.25. The monoisotopic (exact) mass is 208 g/mol. The minimum atomic E-state index is 0. The first-order valence-electron chi connectivity index (χ1n) is 3.09. The van der Waals surface area contributed by atoms with E-state index in [-0.39, 0.29) is 12.4 Å². The fraction of sp³-hybridized carbons (Fsp3) is 0.143. The Labute approximate surface area is 82.5 Å². The van der Waals surface area contributed by atoms with Crippen molar-refractivity contribution in [1.82, 2.24) is 0 Å². The van der Waals surface area contributed by atoms with E-state index in [9.17, 15) is 0 Å². The molecule has 1 aromatic carbocycles. The molecule has 0 spiro atoms. The smallest absolute Gasteiger partial charge is 0.145 e. The van der Waals surface area contributed by atoms with E-state index in [4.69, 9.17) is 22.4 Å². The number of benzene rings is 1. The Kier molecular flexibility index (Phi) is 4.81. The van der Waals surface area contributed by atoms with Crippen molar-refractivity contribution < 1.29 is 4.74 Å². The molecule has 0 heterocycles. The maximum atomic E-state index is 5.52. The zero-order valence-electron chi connectivity index (χ0n) is 6.53. The highest BCUT2D eigenvalue weighted by Gasteiger charge is 2.03. The summed E-state index contributed by atoms with van der Waals surface area (Å²) in [6.45, 7) is 0. The molecule has 0 bridgehead atoms. The second-order valence-corrected chi connectivity index (χ2v) is 2.35. The van der Waals surface area contributed by atoms with Crippen LogP contribution in [0, 0.1) is 0 Å². The predicted molar refractivity (Wildman–Crippen MR) is 52.8 cm³/mol. The molecular formula is C7H10Cl2N2O. The molecule has 0 aliphatic rings. The summed E-state index contributed by atoms with van der Waals surface area (Å²) in [6.07, 6.45) is 0. The number of methoxy groups -OCH3 is 1. The highest BCUT2D eigenvalue weighted by atomic mass is 35.5. The van der Waals surface area contributed by atoms with Crippen LogP contribution in [0.2, 0.25) is 0 Å². The van der Waals surface area contributed by atoms with Gasteiger partial charge in [0.2, 0.25) is 0 Å². The summed E-state index contributed by atoms with van der Waals surface area (Å²) in [6, 6.07) is 7.24. The lowest BCUT2D eigenvalue weighted by Crippen LogP contribution is -2.18. The first kappa shape index (κ1) is 11.4. The van der Waals surface area contributed by atoms with Crippen molar-refractivity contribution in [3.63, 3.8) is 0 Å². The molecule has 5 heteroatoms. The third-order valence-corrected chi connectivity index (χ3v) is 1.50. The van der Waals surface area contributed by atoms with Crippen LogP contribution in [-0.2, 0) is 0 Å². The lowest BCUT2D eigenvalue weighted by Gasteiger charge is -2.11. The van der Waals surface area contributed by atoms with Crippen LogP contribution in [0.15, 0.2) is 24.3 Å². The molecule has 0 fully saturated rings. The number of anilines is 1. The normalized spacial score (nSPS) is 8.58. The zero-order chi connectivity index (χ0) is 8.27. The largest absolute Gasteiger partial charge is 0.494 e. The van der Waals surface area contributed by atoms with Gasteiger partial charge in [0.05, 0.1) is 7.11 Å². The molecule has 0 aliphatic carbocycles. The molecule has 0 unspecified atom stereocenters. The number of nitrogens with zero attached hydrogens (tertiary/aromatic N) is 1. The predicted octanol–water partition coefficient (Wildman–Crippen LogP) is 1.95. The van der Waals surface area contributed by atoms with Gasteiger partial charge in [0, 0.05) is 11.8 Å². The Morgan fingerprint density at radius 2 is 2.00 bits per heavy atom. The van der Waals surface area contributed by atoms with E-state index in [2.05, 4.69) is 0 Å². The van der Waals surface area contributed by atoms with Gasteiger partial charge in [-0.2, -0.15) is 0 Å². The fourth-order valence-corrected chi connectivity index (χ4v) is 0.946. The lowest BCUT2D eigenvalue weighted by molar-refractivity contribution is 0.416. The van der Waals surface area contributed by atoms with Gasteiger partial charge in [0.25, 0.3) is 0 Å². The fourth-order valence-electron chi connectivity index (χ4n) is 0.806. The van der Waals surface area contributed by atoms with E-state index in [1.807, 2.05) is 12.1 Å². The number of hydrazine groups is 1. The van der Waals surface area contributed by atoms with E-state index in [1.165, 1.54) is 0 Å². The summed E-state index contributed by atoms with van der Waals surface area (Å²) in [5.74, 6) is 5.97. The van der Waals surface area contributed by atoms with Gasteiger partial charge in [0.1, 0.15) is 11.4 Å². The Morgan fingerprint density at radius 3 is 2.42 bits per heavy atom. The maximum absolute atomic E-state index is 5.52. The summed E-state index contributed by atoms with van der Waals surface area (Å²) in [5, 5.41) is 0. The van der Waals surface area contributed by atoms with Crippen LogP contribution in [0.1, 0.15) is 0 Å². The van der Waals surface area contributed by atoms with Crippen molar-refractivity contribution in [3.8, 4) is 5.75 Å². The number of rotatable bonds is 2. The third kappa shape index (κ3) is 2.44. The highest BCUT2D eigenvalue weighted by Crippen LogP contribution is 2.26. The van der Waals surface area contributed by atoms with Crippen LogP contribution >= 0.6 is 24.2 Å². The summed E-state index contributed by atoms with van der Waals surface area (Å²) < 4.78 is 6.00. The van der Waals surface area contributed by atoms with Crippen molar-refractivity contribution in [2.75, 3.05) is 11.6 Å². The number of nitrogens with two attached hydrogens (primary N) is 1. The molecule has 68 valence electrons. The van der Waals surface area contributed by atoms with Gasteiger partial charge in [-0.05, 0) is 12.1 Å². The standard InChI is InChI=1S/C7H9ClN2O.ClH/c1-11-7-5-3-2-4-6(7)10(8)9;/h2-5H,9H2,1H3;1H. The summed E-state index contributed by atoms with van der Waals surface area (Å²) in [5.41, 5.74) is 0.650. The molecule has 1 rings (SSSR count). The molecule has 0 saturated heterocycles. The molecule has 0 saturated carbocycles. The molecule has 0 aliphatic heterocycles. The molecule has 3 nitrogen and oxygen atoms in total. The second kappa shape index (κ2) is 5.09. The zero-order valence-corrected chi connectivity index (χ0v) is 8.10. The summed E-state index contributed by atoms with van der Waals surface area (Å²) in [4.78, 5) is 0. The van der Waals surface area contributed by atoms with Gasteiger partial charge in [-0.15, -0.1) is 12.4 Å². The molecule has 1 aromatic rings. The minimum Gasteiger partial charge on any atom is -0.494 e. The number of hydrogen-bond acceptors (Lipinski definition) is 3. The third-order valence-electron chi connectivity index (χ3n) is 1.32. The Balaban J connectivity index is 0.00000121. The van der Waals surface area contributed by atoms with Crippen molar-refractivity contribution in [3.05, 3.63) is 24.3 Å². The van der Waals surface area contributed by atoms with Gasteiger partial charge < -0.3 is 4.74 Å². The number of ether oxygens (including phenoxy) is 1. The van der Waals surface area contributed by atoms with E-state index in [0.717, 1.165) is 4.53 Å². The molecule has 0 amide bonds.